The Balaban J connectivity index is 1.73. The number of aromatic amines is 1. The van der Waals surface area contributed by atoms with E-state index in [1.807, 2.05) is 50.4 Å². The van der Waals surface area contributed by atoms with Gasteiger partial charge in [-0.15, -0.1) is 0 Å². The fourth-order valence-corrected chi connectivity index (χ4v) is 3.22. The number of hydrogen-bond donors (Lipinski definition) is 2. The van der Waals surface area contributed by atoms with Gasteiger partial charge in [0.05, 0.1) is 13.2 Å². The summed E-state index contributed by atoms with van der Waals surface area (Å²) >= 11 is 0. The highest BCUT2D eigenvalue weighted by Crippen LogP contribution is 2.33. The first-order valence-electron chi connectivity index (χ1n) is 9.82. The van der Waals surface area contributed by atoms with Crippen LogP contribution in [0, 0.1) is 11.3 Å². The van der Waals surface area contributed by atoms with Crippen molar-refractivity contribution in [1.29, 1.82) is 5.26 Å². The number of nitrogens with one attached hydrogen (secondary N) is 2. The van der Waals surface area contributed by atoms with Gasteiger partial charge in [-0.3, -0.25) is 4.79 Å². The zero-order chi connectivity index (χ0) is 21.5. The minimum absolute atomic E-state index is 0.00999. The van der Waals surface area contributed by atoms with Crippen LogP contribution in [0.4, 0.5) is 0 Å². The smallest absolute Gasteiger partial charge is 0.261 e. The maximum atomic E-state index is 12.6. The first kappa shape index (κ1) is 21.0. The van der Waals surface area contributed by atoms with Gasteiger partial charge in [-0.1, -0.05) is 30.3 Å². The van der Waals surface area contributed by atoms with Crippen LogP contribution in [0.5, 0.6) is 11.5 Å². The van der Waals surface area contributed by atoms with Crippen LogP contribution < -0.4 is 14.8 Å². The molecule has 0 atom stereocenters. The van der Waals surface area contributed by atoms with Crippen molar-refractivity contribution >= 4 is 22.9 Å². The quantitative estimate of drug-likeness (QED) is 0.435. The molecule has 0 bridgehead atoms. The van der Waals surface area contributed by atoms with E-state index in [9.17, 15) is 10.1 Å². The van der Waals surface area contributed by atoms with Crippen molar-refractivity contribution in [3.05, 3.63) is 65.4 Å². The van der Waals surface area contributed by atoms with Gasteiger partial charge in [-0.05, 0) is 44.0 Å². The van der Waals surface area contributed by atoms with E-state index >= 15 is 0 Å². The molecule has 0 aliphatic carbocycles. The minimum atomic E-state index is -0.421. The van der Waals surface area contributed by atoms with E-state index in [0.29, 0.717) is 30.0 Å². The molecule has 3 aromatic rings. The number of amides is 1. The number of rotatable bonds is 8. The number of H-pyrrole nitrogens is 1. The fraction of sp³-hybridized carbons (Fsp3) is 0.250. The van der Waals surface area contributed by atoms with Crippen LogP contribution in [0.1, 0.15) is 25.0 Å². The Morgan fingerprint density at radius 1 is 1.23 bits per heavy atom. The summed E-state index contributed by atoms with van der Waals surface area (Å²) < 4.78 is 11.2. The molecule has 1 heterocycles. The van der Waals surface area contributed by atoms with Crippen LogP contribution in [0.25, 0.3) is 17.0 Å². The number of para-hydroxylation sites is 2. The third-order valence-corrected chi connectivity index (χ3v) is 4.60. The van der Waals surface area contributed by atoms with Crippen molar-refractivity contribution in [2.24, 2.45) is 0 Å². The molecule has 30 heavy (non-hydrogen) atoms. The Morgan fingerprint density at radius 3 is 2.77 bits per heavy atom. The van der Waals surface area contributed by atoms with Crippen LogP contribution >= 0.6 is 0 Å². The molecule has 0 saturated heterocycles. The maximum absolute atomic E-state index is 12.6. The molecule has 1 amide bonds. The number of aromatic nitrogens is 1. The van der Waals surface area contributed by atoms with E-state index in [-0.39, 0.29) is 11.7 Å². The van der Waals surface area contributed by atoms with Gasteiger partial charge in [0.15, 0.2) is 11.5 Å². The van der Waals surface area contributed by atoms with E-state index < -0.39 is 5.91 Å². The van der Waals surface area contributed by atoms with E-state index in [2.05, 4.69) is 10.3 Å². The average molecular weight is 403 g/mol. The van der Waals surface area contributed by atoms with Gasteiger partial charge in [0, 0.05) is 29.2 Å². The van der Waals surface area contributed by atoms with Crippen molar-refractivity contribution in [2.75, 3.05) is 13.7 Å². The first-order valence-corrected chi connectivity index (χ1v) is 9.82. The number of ether oxygens (including phenoxy) is 2. The number of benzene rings is 2. The summed E-state index contributed by atoms with van der Waals surface area (Å²) in [6, 6.07) is 15.4. The van der Waals surface area contributed by atoms with E-state index in [4.69, 9.17) is 9.47 Å². The zero-order valence-corrected chi connectivity index (χ0v) is 17.4. The van der Waals surface area contributed by atoms with Crippen LogP contribution in [-0.2, 0) is 11.2 Å². The summed E-state index contributed by atoms with van der Waals surface area (Å²) in [5.74, 6) is 0.638. The monoisotopic (exact) mass is 403 g/mol. The summed E-state index contributed by atoms with van der Waals surface area (Å²) in [5.41, 5.74) is 2.81. The third kappa shape index (κ3) is 4.81. The summed E-state index contributed by atoms with van der Waals surface area (Å²) in [6.07, 6.45) is 4.06. The molecule has 6 heteroatoms. The molecule has 154 valence electrons. The molecule has 2 N–H and O–H groups in total. The van der Waals surface area contributed by atoms with Crippen LogP contribution in [0.3, 0.4) is 0 Å². The number of methoxy groups -OCH3 is 1. The molecule has 0 aliphatic rings. The lowest BCUT2D eigenvalue weighted by molar-refractivity contribution is -0.117. The Labute approximate surface area is 176 Å². The number of nitriles is 1. The molecule has 1 aromatic heterocycles. The molecule has 0 spiro atoms. The highest BCUT2D eigenvalue weighted by atomic mass is 16.5. The zero-order valence-electron chi connectivity index (χ0n) is 17.4. The highest BCUT2D eigenvalue weighted by Gasteiger charge is 2.15. The second-order valence-corrected chi connectivity index (χ2v) is 7.08. The van der Waals surface area contributed by atoms with Gasteiger partial charge in [0.1, 0.15) is 11.6 Å². The van der Waals surface area contributed by atoms with Crippen molar-refractivity contribution in [3.8, 4) is 17.6 Å². The Kier molecular flexibility index (Phi) is 6.76. The first-order chi connectivity index (χ1) is 14.5. The summed E-state index contributed by atoms with van der Waals surface area (Å²) in [5, 5.41) is 13.5. The van der Waals surface area contributed by atoms with Crippen molar-refractivity contribution in [3.63, 3.8) is 0 Å². The predicted molar refractivity (Wildman–Crippen MR) is 117 cm³/mol. The maximum Gasteiger partial charge on any atom is 0.261 e. The lowest BCUT2D eigenvalue weighted by Crippen LogP contribution is -2.26. The standard InChI is InChI=1S/C24H25N3O3/c1-16(2)30-23-17(7-6-10-22(23)29-3)13-19(14-25)24(28)26-12-11-18-15-27-21-9-5-4-8-20(18)21/h4-10,13,15-16,27H,11-12H2,1-3H3,(H,26,28). The molecule has 0 fully saturated rings. The number of carbonyl (C=O) groups is 1. The van der Waals surface area contributed by atoms with Gasteiger partial charge in [-0.25, -0.2) is 0 Å². The topological polar surface area (TPSA) is 87.1 Å². The molecule has 6 nitrogen and oxygen atoms in total. The largest absolute Gasteiger partial charge is 0.493 e. The Bertz CT molecular complexity index is 1110. The number of carbonyl (C=O) groups excluding carboxylic acids is 1. The van der Waals surface area contributed by atoms with Crippen molar-refractivity contribution < 1.29 is 14.3 Å². The Hall–Kier alpha value is -3.72. The van der Waals surface area contributed by atoms with E-state index in [1.54, 1.807) is 25.3 Å². The molecule has 3 rings (SSSR count). The lowest BCUT2D eigenvalue weighted by atomic mass is 10.1. The van der Waals surface area contributed by atoms with Gasteiger partial charge in [-0.2, -0.15) is 5.26 Å². The van der Waals surface area contributed by atoms with E-state index in [1.165, 1.54) is 6.08 Å². The number of fused-ring (bicyclic) bond motifs is 1. The van der Waals surface area contributed by atoms with Gasteiger partial charge < -0.3 is 19.8 Å². The van der Waals surface area contributed by atoms with Crippen LogP contribution in [0.2, 0.25) is 0 Å². The molecule has 0 unspecified atom stereocenters. The van der Waals surface area contributed by atoms with Gasteiger partial charge >= 0.3 is 0 Å². The number of nitrogens with zero attached hydrogens (tertiary/aromatic N) is 1. The molecule has 2 aromatic carbocycles. The normalized spacial score (nSPS) is 11.4. The van der Waals surface area contributed by atoms with Gasteiger partial charge in [0.2, 0.25) is 0 Å². The van der Waals surface area contributed by atoms with Crippen LogP contribution in [0.15, 0.2) is 54.2 Å². The second kappa shape index (κ2) is 9.66. The molecule has 0 saturated carbocycles. The lowest BCUT2D eigenvalue weighted by Gasteiger charge is -2.16. The van der Waals surface area contributed by atoms with Crippen molar-refractivity contribution in [2.45, 2.75) is 26.4 Å². The predicted octanol–water partition coefficient (Wildman–Crippen LogP) is 4.23. The van der Waals surface area contributed by atoms with Crippen LogP contribution in [-0.4, -0.2) is 30.6 Å². The molecule has 0 aliphatic heterocycles. The SMILES string of the molecule is COc1cccc(C=C(C#N)C(=O)NCCc2c[nH]c3ccccc23)c1OC(C)C. The molecular formula is C24H25N3O3. The van der Waals surface area contributed by atoms with Crippen molar-refractivity contribution in [1.82, 2.24) is 10.3 Å². The van der Waals surface area contributed by atoms with E-state index in [0.717, 1.165) is 16.5 Å². The minimum Gasteiger partial charge on any atom is -0.493 e. The summed E-state index contributed by atoms with van der Waals surface area (Å²) in [6.45, 7) is 4.23. The summed E-state index contributed by atoms with van der Waals surface area (Å²) in [4.78, 5) is 15.8. The average Bonchev–Trinajstić information content (AvgIpc) is 3.15. The van der Waals surface area contributed by atoms with Gasteiger partial charge in [0.25, 0.3) is 5.91 Å². The Morgan fingerprint density at radius 2 is 2.03 bits per heavy atom. The molecule has 0 radical (unpaired) electrons. The molecular weight excluding hydrogens is 378 g/mol. The third-order valence-electron chi connectivity index (χ3n) is 4.60. The second-order valence-electron chi connectivity index (χ2n) is 7.08. The number of hydrogen-bond acceptors (Lipinski definition) is 4. The highest BCUT2D eigenvalue weighted by molar-refractivity contribution is 6.02. The fourth-order valence-electron chi connectivity index (χ4n) is 3.22. The summed E-state index contributed by atoms with van der Waals surface area (Å²) in [7, 11) is 1.55.